The van der Waals surface area contributed by atoms with Crippen LogP contribution in [0.5, 0.6) is 0 Å². The third kappa shape index (κ3) is 2.43. The van der Waals surface area contributed by atoms with E-state index < -0.39 is 0 Å². The Morgan fingerprint density at radius 2 is 0.913 bits per heavy atom. The minimum absolute atomic E-state index is 1.32. The number of hydrogen-bond acceptors (Lipinski definition) is 0. The molecule has 0 unspecified atom stereocenters. The van der Waals surface area contributed by atoms with E-state index in [9.17, 15) is 0 Å². The van der Waals surface area contributed by atoms with Gasteiger partial charge in [-0.2, -0.15) is 0 Å². The van der Waals surface area contributed by atoms with E-state index in [0.717, 1.165) is 0 Å². The van der Waals surface area contributed by atoms with Crippen molar-refractivity contribution in [1.29, 1.82) is 0 Å². The molecule has 0 radical (unpaired) electrons. The lowest BCUT2D eigenvalue weighted by atomic mass is 10.0. The zero-order valence-electron chi connectivity index (χ0n) is 13.2. The predicted molar refractivity (Wildman–Crippen MR) is 99.6 cm³/mol. The molecular weight excluding hydrogens is 276 g/mol. The summed E-state index contributed by atoms with van der Waals surface area (Å²) in [6, 6.07) is 32.0. The van der Waals surface area contributed by atoms with E-state index in [1.165, 1.54) is 38.6 Å². The lowest BCUT2D eigenvalue weighted by molar-refractivity contribution is 1.48. The third-order valence-corrected chi connectivity index (χ3v) is 4.35. The molecule has 0 aromatic heterocycles. The summed E-state index contributed by atoms with van der Waals surface area (Å²) in [4.78, 5) is 0. The van der Waals surface area contributed by atoms with Crippen LogP contribution in [0.15, 0.2) is 91.0 Å². The van der Waals surface area contributed by atoms with Gasteiger partial charge in [0.2, 0.25) is 0 Å². The standard InChI is InChI=1S/C16H10.C7H8/c1-2-8-13-12(7-1)14-9-3-5-11-6-4-10-15(13)16(11)14;1-7-5-3-2-4-6-7/h1-10H;2-6H,1H3. The van der Waals surface area contributed by atoms with E-state index in [-0.39, 0.29) is 0 Å². The maximum atomic E-state index is 2.22. The molecule has 0 saturated carbocycles. The molecule has 0 amide bonds. The van der Waals surface area contributed by atoms with Crippen molar-refractivity contribution in [3.8, 4) is 22.3 Å². The van der Waals surface area contributed by atoms with Gasteiger partial charge in [0, 0.05) is 0 Å². The van der Waals surface area contributed by atoms with Crippen LogP contribution in [0.3, 0.4) is 0 Å². The largest absolute Gasteiger partial charge is 0.0622 e. The number of rotatable bonds is 0. The van der Waals surface area contributed by atoms with E-state index in [1.807, 2.05) is 18.2 Å². The number of fused-ring (bicyclic) bond motifs is 3. The molecule has 4 aromatic carbocycles. The molecule has 0 heteroatoms. The topological polar surface area (TPSA) is 0 Å². The van der Waals surface area contributed by atoms with Crippen LogP contribution in [0.4, 0.5) is 0 Å². The molecule has 0 nitrogen and oxygen atoms in total. The molecule has 0 saturated heterocycles. The predicted octanol–water partition coefficient (Wildman–Crippen LogP) is 6.48. The second-order valence-electron chi connectivity index (χ2n) is 5.91. The van der Waals surface area contributed by atoms with E-state index in [1.54, 1.807) is 0 Å². The van der Waals surface area contributed by atoms with Crippen molar-refractivity contribution in [3.05, 3.63) is 96.6 Å². The Labute approximate surface area is 137 Å². The summed E-state index contributed by atoms with van der Waals surface area (Å²) in [5.74, 6) is 0. The lowest BCUT2D eigenvalue weighted by Crippen LogP contribution is -1.73. The Morgan fingerprint density at radius 3 is 1.39 bits per heavy atom. The number of hydrogen-bond donors (Lipinski definition) is 0. The van der Waals surface area contributed by atoms with E-state index in [0.29, 0.717) is 0 Å². The molecule has 0 N–H and O–H groups in total. The molecule has 0 heterocycles. The Bertz CT molecular complexity index is 908. The van der Waals surface area contributed by atoms with Crippen molar-refractivity contribution in [1.82, 2.24) is 0 Å². The maximum Gasteiger partial charge on any atom is -0.00264 e. The summed E-state index contributed by atoms with van der Waals surface area (Å²) in [7, 11) is 0. The van der Waals surface area contributed by atoms with Crippen LogP contribution >= 0.6 is 0 Å². The molecule has 0 bridgehead atoms. The Kier molecular flexibility index (Phi) is 3.44. The minimum Gasteiger partial charge on any atom is -0.0622 e. The first-order valence-electron chi connectivity index (χ1n) is 7.98. The van der Waals surface area contributed by atoms with Crippen LogP contribution in [-0.2, 0) is 0 Å². The fraction of sp³-hybridized carbons (Fsp3) is 0.0435. The van der Waals surface area contributed by atoms with Gasteiger partial charge in [0.25, 0.3) is 0 Å². The highest BCUT2D eigenvalue weighted by Crippen LogP contribution is 2.46. The smallest absolute Gasteiger partial charge is 0.00264 e. The van der Waals surface area contributed by atoms with Gasteiger partial charge in [0.05, 0.1) is 0 Å². The molecule has 0 fully saturated rings. The van der Waals surface area contributed by atoms with Crippen molar-refractivity contribution >= 4 is 10.8 Å². The first-order valence-corrected chi connectivity index (χ1v) is 7.98. The number of benzene rings is 4. The fourth-order valence-electron chi connectivity index (χ4n) is 3.28. The molecule has 0 atom stereocenters. The maximum absolute atomic E-state index is 2.22. The first kappa shape index (κ1) is 13.8. The summed E-state index contributed by atoms with van der Waals surface area (Å²) >= 11 is 0. The Morgan fingerprint density at radius 1 is 0.435 bits per heavy atom. The van der Waals surface area contributed by atoms with Gasteiger partial charge in [-0.15, -0.1) is 0 Å². The van der Waals surface area contributed by atoms with E-state index >= 15 is 0 Å². The zero-order chi connectivity index (χ0) is 15.6. The molecule has 0 aliphatic heterocycles. The SMILES string of the molecule is Cc1ccccc1.c1ccc2c(c1)-c1cccc3cccc-2c13. The van der Waals surface area contributed by atoms with Crippen molar-refractivity contribution in [2.75, 3.05) is 0 Å². The Balaban J connectivity index is 0.000000164. The average molecular weight is 294 g/mol. The lowest BCUT2D eigenvalue weighted by Gasteiger charge is -2.00. The van der Waals surface area contributed by atoms with Gasteiger partial charge in [-0.3, -0.25) is 0 Å². The van der Waals surface area contributed by atoms with Crippen molar-refractivity contribution in [3.63, 3.8) is 0 Å². The highest BCUT2D eigenvalue weighted by Gasteiger charge is 2.19. The summed E-state index contributed by atoms with van der Waals surface area (Å²) in [5.41, 5.74) is 6.82. The third-order valence-electron chi connectivity index (χ3n) is 4.35. The normalized spacial score (nSPS) is 10.8. The molecule has 23 heavy (non-hydrogen) atoms. The second-order valence-corrected chi connectivity index (χ2v) is 5.91. The average Bonchev–Trinajstić information content (AvgIpc) is 2.93. The van der Waals surface area contributed by atoms with Gasteiger partial charge in [-0.05, 0) is 39.9 Å². The van der Waals surface area contributed by atoms with Crippen LogP contribution in [0.1, 0.15) is 5.56 Å². The molecule has 1 aliphatic carbocycles. The number of aryl methyl sites for hydroxylation is 1. The molecule has 4 aromatic rings. The van der Waals surface area contributed by atoms with E-state index in [4.69, 9.17) is 0 Å². The fourth-order valence-corrected chi connectivity index (χ4v) is 3.28. The van der Waals surface area contributed by atoms with Crippen LogP contribution in [-0.4, -0.2) is 0 Å². The van der Waals surface area contributed by atoms with Gasteiger partial charge in [0.15, 0.2) is 0 Å². The molecule has 0 spiro atoms. The second kappa shape index (κ2) is 5.73. The van der Waals surface area contributed by atoms with Gasteiger partial charge < -0.3 is 0 Å². The van der Waals surface area contributed by atoms with Gasteiger partial charge in [-0.1, -0.05) is 96.6 Å². The van der Waals surface area contributed by atoms with Gasteiger partial charge in [0.1, 0.15) is 0 Å². The van der Waals surface area contributed by atoms with Gasteiger partial charge in [-0.25, -0.2) is 0 Å². The van der Waals surface area contributed by atoms with Crippen LogP contribution in [0.2, 0.25) is 0 Å². The summed E-state index contributed by atoms with van der Waals surface area (Å²) in [6.07, 6.45) is 0. The molecule has 1 aliphatic rings. The van der Waals surface area contributed by atoms with E-state index in [2.05, 4.69) is 79.7 Å². The Hall–Kier alpha value is -2.86. The molecule has 110 valence electrons. The van der Waals surface area contributed by atoms with Gasteiger partial charge >= 0.3 is 0 Å². The quantitative estimate of drug-likeness (QED) is 0.306. The minimum atomic E-state index is 1.32. The monoisotopic (exact) mass is 294 g/mol. The highest BCUT2D eigenvalue weighted by atomic mass is 14.2. The summed E-state index contributed by atoms with van der Waals surface area (Å²) in [5, 5.41) is 2.75. The first-order chi connectivity index (χ1) is 11.3. The summed E-state index contributed by atoms with van der Waals surface area (Å²) in [6.45, 7) is 2.08. The van der Waals surface area contributed by atoms with Crippen LogP contribution in [0.25, 0.3) is 33.0 Å². The molecule has 5 rings (SSSR count). The van der Waals surface area contributed by atoms with Crippen molar-refractivity contribution in [2.45, 2.75) is 6.92 Å². The van der Waals surface area contributed by atoms with Crippen LogP contribution in [0, 0.1) is 6.92 Å². The van der Waals surface area contributed by atoms with Crippen molar-refractivity contribution < 1.29 is 0 Å². The zero-order valence-corrected chi connectivity index (χ0v) is 13.2. The highest BCUT2D eigenvalue weighted by molar-refractivity contribution is 6.15. The molecular formula is C23H18. The van der Waals surface area contributed by atoms with Crippen LogP contribution < -0.4 is 0 Å². The van der Waals surface area contributed by atoms with Crippen molar-refractivity contribution in [2.24, 2.45) is 0 Å². The summed E-state index contributed by atoms with van der Waals surface area (Å²) < 4.78 is 0.